The Bertz CT molecular complexity index is 924. The van der Waals surface area contributed by atoms with Crippen molar-refractivity contribution in [3.05, 3.63) is 54.4 Å². The molecule has 1 aliphatic carbocycles. The van der Waals surface area contributed by atoms with Gasteiger partial charge in [0, 0.05) is 25.6 Å². The Labute approximate surface area is 159 Å². The molecule has 1 saturated carbocycles. The molecule has 27 heavy (non-hydrogen) atoms. The van der Waals surface area contributed by atoms with Crippen molar-refractivity contribution in [2.24, 2.45) is 7.05 Å². The molecule has 0 radical (unpaired) electrons. The zero-order valence-electron chi connectivity index (χ0n) is 15.6. The first-order valence-electron chi connectivity index (χ1n) is 9.66. The molecule has 3 aromatic rings. The second-order valence-electron chi connectivity index (χ2n) is 7.17. The Balaban J connectivity index is 1.31. The van der Waals surface area contributed by atoms with E-state index < -0.39 is 0 Å². The Kier molecular flexibility index (Phi) is 5.10. The van der Waals surface area contributed by atoms with Gasteiger partial charge in [-0.3, -0.25) is 4.79 Å². The van der Waals surface area contributed by atoms with Crippen LogP contribution in [-0.2, 0) is 18.3 Å². The fourth-order valence-electron chi connectivity index (χ4n) is 3.68. The second-order valence-corrected chi connectivity index (χ2v) is 7.17. The number of imidazole rings is 1. The number of nitrogens with zero attached hydrogens (tertiary/aromatic N) is 2. The molecule has 5 heteroatoms. The highest BCUT2D eigenvalue weighted by molar-refractivity contribution is 5.90. The van der Waals surface area contributed by atoms with E-state index >= 15 is 0 Å². The van der Waals surface area contributed by atoms with Crippen molar-refractivity contribution in [1.82, 2.24) is 9.55 Å². The first kappa shape index (κ1) is 17.6. The molecule has 1 fully saturated rings. The number of rotatable bonds is 6. The maximum Gasteiger partial charge on any atom is 0.224 e. The highest BCUT2D eigenvalue weighted by Gasteiger charge is 2.16. The van der Waals surface area contributed by atoms with Crippen LogP contribution in [0.1, 0.15) is 37.9 Å². The van der Waals surface area contributed by atoms with E-state index in [0.29, 0.717) is 18.9 Å². The summed E-state index contributed by atoms with van der Waals surface area (Å²) < 4.78 is 8.01. The van der Waals surface area contributed by atoms with Crippen LogP contribution >= 0.6 is 0 Å². The van der Waals surface area contributed by atoms with Crippen LogP contribution < -0.4 is 10.1 Å². The normalized spacial score (nSPS) is 14.6. The highest BCUT2D eigenvalue weighted by Crippen LogP contribution is 2.25. The highest BCUT2D eigenvalue weighted by atomic mass is 16.5. The Morgan fingerprint density at radius 1 is 1.15 bits per heavy atom. The summed E-state index contributed by atoms with van der Waals surface area (Å²) in [6, 6.07) is 15.7. The molecule has 0 aliphatic heterocycles. The third-order valence-corrected chi connectivity index (χ3v) is 5.20. The molecule has 1 amide bonds. The fraction of sp³-hybridized carbons (Fsp3) is 0.364. The van der Waals surface area contributed by atoms with E-state index in [1.807, 2.05) is 55.6 Å². The smallest absolute Gasteiger partial charge is 0.224 e. The van der Waals surface area contributed by atoms with Gasteiger partial charge in [-0.25, -0.2) is 4.98 Å². The van der Waals surface area contributed by atoms with Gasteiger partial charge in [0.15, 0.2) is 0 Å². The van der Waals surface area contributed by atoms with Crippen molar-refractivity contribution in [2.75, 3.05) is 5.32 Å². The summed E-state index contributed by atoms with van der Waals surface area (Å²) in [5, 5.41) is 2.95. The monoisotopic (exact) mass is 363 g/mol. The van der Waals surface area contributed by atoms with Crippen molar-refractivity contribution in [1.29, 1.82) is 0 Å². The van der Waals surface area contributed by atoms with Gasteiger partial charge < -0.3 is 14.6 Å². The molecule has 0 bridgehead atoms. The number of nitrogens with one attached hydrogen (secondary N) is 1. The van der Waals surface area contributed by atoms with Crippen LogP contribution in [0, 0.1) is 0 Å². The van der Waals surface area contributed by atoms with Crippen LogP contribution in [0.15, 0.2) is 48.5 Å². The van der Waals surface area contributed by atoms with Gasteiger partial charge in [-0.15, -0.1) is 0 Å². The molecule has 0 unspecified atom stereocenters. The van der Waals surface area contributed by atoms with E-state index in [0.717, 1.165) is 41.1 Å². The number of carbonyl (C=O) groups is 1. The van der Waals surface area contributed by atoms with E-state index in [1.54, 1.807) is 0 Å². The van der Waals surface area contributed by atoms with Gasteiger partial charge in [0.25, 0.3) is 0 Å². The van der Waals surface area contributed by atoms with E-state index in [9.17, 15) is 4.79 Å². The predicted molar refractivity (Wildman–Crippen MR) is 107 cm³/mol. The van der Waals surface area contributed by atoms with Crippen molar-refractivity contribution in [3.63, 3.8) is 0 Å². The predicted octanol–water partition coefficient (Wildman–Crippen LogP) is 4.47. The van der Waals surface area contributed by atoms with Gasteiger partial charge in [-0.2, -0.15) is 0 Å². The first-order chi connectivity index (χ1) is 13.2. The summed E-state index contributed by atoms with van der Waals surface area (Å²) in [5.74, 6) is 1.79. The molecular weight excluding hydrogens is 338 g/mol. The lowest BCUT2D eigenvalue weighted by Gasteiger charge is -2.13. The Morgan fingerprint density at radius 2 is 1.89 bits per heavy atom. The molecule has 4 rings (SSSR count). The summed E-state index contributed by atoms with van der Waals surface area (Å²) >= 11 is 0. The third kappa shape index (κ3) is 4.13. The average molecular weight is 363 g/mol. The minimum atomic E-state index is -0.00785. The number of amides is 1. The van der Waals surface area contributed by atoms with Gasteiger partial charge >= 0.3 is 0 Å². The molecular formula is C22H25N3O2. The number of ether oxygens (including phenoxy) is 1. The maximum absolute atomic E-state index is 12.3. The fourth-order valence-corrected chi connectivity index (χ4v) is 3.68. The summed E-state index contributed by atoms with van der Waals surface area (Å²) in [4.78, 5) is 16.9. The lowest BCUT2D eigenvalue weighted by molar-refractivity contribution is -0.116. The number of hydrogen-bond acceptors (Lipinski definition) is 3. The van der Waals surface area contributed by atoms with E-state index in [2.05, 4.69) is 14.9 Å². The molecule has 0 saturated heterocycles. The average Bonchev–Trinajstić information content (AvgIpc) is 3.30. The number of aryl methyl sites for hydroxylation is 2. The summed E-state index contributed by atoms with van der Waals surface area (Å²) in [5.41, 5.74) is 2.85. The molecule has 2 aromatic carbocycles. The molecule has 0 spiro atoms. The van der Waals surface area contributed by atoms with Crippen LogP contribution in [-0.4, -0.2) is 21.6 Å². The zero-order chi connectivity index (χ0) is 18.6. The second kappa shape index (κ2) is 7.82. The quantitative estimate of drug-likeness (QED) is 0.703. The Hall–Kier alpha value is -2.82. The Morgan fingerprint density at radius 3 is 2.63 bits per heavy atom. The van der Waals surface area contributed by atoms with Crippen LogP contribution in [0.5, 0.6) is 5.75 Å². The summed E-state index contributed by atoms with van der Waals surface area (Å²) in [6.07, 6.45) is 6.15. The minimum Gasteiger partial charge on any atom is -0.490 e. The standard InChI is InChI=1S/C22H25N3O2/c1-25-20-9-5-4-8-19(20)24-21(25)14-15-22(26)23-16-10-12-18(13-11-16)27-17-6-2-3-7-17/h4-5,8-13,17H,2-3,6-7,14-15H2,1H3,(H,23,26). The number of fused-ring (bicyclic) bond motifs is 1. The topological polar surface area (TPSA) is 56.2 Å². The minimum absolute atomic E-state index is 0.00785. The van der Waals surface area contributed by atoms with Crippen molar-refractivity contribution >= 4 is 22.6 Å². The molecule has 1 aliphatic rings. The van der Waals surface area contributed by atoms with Gasteiger partial charge in [0.2, 0.25) is 5.91 Å². The van der Waals surface area contributed by atoms with Gasteiger partial charge in [-0.05, 0) is 62.1 Å². The largest absolute Gasteiger partial charge is 0.490 e. The van der Waals surface area contributed by atoms with Gasteiger partial charge in [0.1, 0.15) is 11.6 Å². The van der Waals surface area contributed by atoms with E-state index in [-0.39, 0.29) is 5.91 Å². The maximum atomic E-state index is 12.3. The van der Waals surface area contributed by atoms with Gasteiger partial charge in [-0.1, -0.05) is 12.1 Å². The number of anilines is 1. The molecule has 140 valence electrons. The van der Waals surface area contributed by atoms with E-state index in [4.69, 9.17) is 4.74 Å². The van der Waals surface area contributed by atoms with Crippen LogP contribution in [0.2, 0.25) is 0 Å². The zero-order valence-corrected chi connectivity index (χ0v) is 15.6. The van der Waals surface area contributed by atoms with Crippen LogP contribution in [0.3, 0.4) is 0 Å². The number of para-hydroxylation sites is 2. The molecule has 0 atom stereocenters. The van der Waals surface area contributed by atoms with Crippen molar-refractivity contribution in [3.8, 4) is 5.75 Å². The summed E-state index contributed by atoms with van der Waals surface area (Å²) in [7, 11) is 1.99. The molecule has 5 nitrogen and oxygen atoms in total. The SMILES string of the molecule is Cn1c(CCC(=O)Nc2ccc(OC3CCCC3)cc2)nc2ccccc21. The lowest BCUT2D eigenvalue weighted by Crippen LogP contribution is -2.14. The number of hydrogen-bond donors (Lipinski definition) is 1. The van der Waals surface area contributed by atoms with Crippen LogP contribution in [0.25, 0.3) is 11.0 Å². The molecule has 1 aromatic heterocycles. The lowest BCUT2D eigenvalue weighted by atomic mass is 10.2. The summed E-state index contributed by atoms with van der Waals surface area (Å²) in [6.45, 7) is 0. The third-order valence-electron chi connectivity index (χ3n) is 5.20. The van der Waals surface area contributed by atoms with Crippen molar-refractivity contribution in [2.45, 2.75) is 44.6 Å². The van der Waals surface area contributed by atoms with Gasteiger partial charge in [0.05, 0.1) is 17.1 Å². The number of carbonyl (C=O) groups excluding carboxylic acids is 1. The van der Waals surface area contributed by atoms with E-state index in [1.165, 1.54) is 12.8 Å². The molecule has 1 heterocycles. The van der Waals surface area contributed by atoms with Crippen molar-refractivity contribution < 1.29 is 9.53 Å². The van der Waals surface area contributed by atoms with Crippen LogP contribution in [0.4, 0.5) is 5.69 Å². The molecule has 1 N–H and O–H groups in total. The number of benzene rings is 2. The number of aromatic nitrogens is 2. The first-order valence-corrected chi connectivity index (χ1v) is 9.66.